The Morgan fingerprint density at radius 1 is 1.18 bits per heavy atom. The Balaban J connectivity index is 1.97. The minimum atomic E-state index is 0.458. The third-order valence-corrected chi connectivity index (χ3v) is 6.53. The number of rotatable bonds is 2. The Bertz CT molecular complexity index is 347. The van der Waals surface area contributed by atoms with Gasteiger partial charge in [-0.25, -0.2) is 0 Å². The molecule has 4 saturated carbocycles. The van der Waals surface area contributed by atoms with Crippen LogP contribution in [0.15, 0.2) is 4.99 Å². The van der Waals surface area contributed by atoms with Gasteiger partial charge >= 0.3 is 0 Å². The van der Waals surface area contributed by atoms with Crippen molar-refractivity contribution < 1.29 is 0 Å². The average molecular weight is 233 g/mol. The van der Waals surface area contributed by atoms with Gasteiger partial charge in [0.1, 0.15) is 0 Å². The predicted octanol–water partition coefficient (Wildman–Crippen LogP) is 4.17. The Kier molecular flexibility index (Phi) is 2.32. The fraction of sp³-hybridized carbons (Fsp3) is 0.938. The molecule has 0 spiro atoms. The third-order valence-electron chi connectivity index (χ3n) is 6.53. The van der Waals surface area contributed by atoms with Gasteiger partial charge in [-0.2, -0.15) is 0 Å². The van der Waals surface area contributed by atoms with Gasteiger partial charge < -0.3 is 0 Å². The minimum Gasteiger partial charge on any atom is -0.297 e. The molecule has 0 aromatic carbocycles. The van der Waals surface area contributed by atoms with Crippen LogP contribution < -0.4 is 0 Å². The maximum Gasteiger partial charge on any atom is 0.0549 e. The summed E-state index contributed by atoms with van der Waals surface area (Å²) >= 11 is 0. The molecule has 4 rings (SSSR count). The molecule has 0 saturated heterocycles. The molecule has 6 atom stereocenters. The Labute approximate surface area is 106 Å². The van der Waals surface area contributed by atoms with E-state index in [1.54, 1.807) is 0 Å². The monoisotopic (exact) mass is 233 g/mol. The van der Waals surface area contributed by atoms with Gasteiger partial charge in [0, 0.05) is 0 Å². The zero-order chi connectivity index (χ0) is 12.4. The van der Waals surface area contributed by atoms with Gasteiger partial charge in [-0.15, -0.1) is 0 Å². The van der Waals surface area contributed by atoms with Gasteiger partial charge in [0.05, 0.1) is 6.04 Å². The van der Waals surface area contributed by atoms with E-state index >= 15 is 0 Å². The average Bonchev–Trinajstić information content (AvgIpc) is 2.43. The molecule has 0 unspecified atom stereocenters. The van der Waals surface area contributed by atoms with Crippen molar-refractivity contribution in [1.29, 1.82) is 0 Å². The summed E-state index contributed by atoms with van der Waals surface area (Å²) in [6.07, 6.45) is 5.61. The van der Waals surface area contributed by atoms with Gasteiger partial charge in [0.2, 0.25) is 0 Å². The lowest BCUT2D eigenvalue weighted by Gasteiger charge is -2.57. The van der Waals surface area contributed by atoms with Gasteiger partial charge in [-0.1, -0.05) is 27.7 Å². The van der Waals surface area contributed by atoms with E-state index in [4.69, 9.17) is 0 Å². The van der Waals surface area contributed by atoms with Crippen molar-refractivity contribution in [2.75, 3.05) is 0 Å². The number of aliphatic imine (C=N–C) groups is 1. The van der Waals surface area contributed by atoms with Crippen LogP contribution in [0.2, 0.25) is 0 Å². The fourth-order valence-electron chi connectivity index (χ4n) is 5.95. The highest BCUT2D eigenvalue weighted by atomic mass is 14.8. The van der Waals surface area contributed by atoms with Crippen molar-refractivity contribution >= 4 is 6.72 Å². The molecule has 0 amide bonds. The molecule has 0 radical (unpaired) electrons. The second-order valence-corrected chi connectivity index (χ2v) is 8.01. The molecule has 0 aromatic heterocycles. The number of hydrogen-bond donors (Lipinski definition) is 0. The standard InChI is InChI=1S/C16H27N/c1-10(2)11-7-15(3)9-16(4)8-12(11)13(15)6-14(16)17-5/h10-14H,5-9H2,1-4H3/t11-,12+,13+,14-,15+,16-/m1/s1. The molecule has 17 heavy (non-hydrogen) atoms. The summed E-state index contributed by atoms with van der Waals surface area (Å²) in [5.74, 6) is 3.75. The molecule has 4 aliphatic rings. The van der Waals surface area contributed by atoms with Crippen molar-refractivity contribution in [2.45, 2.75) is 59.4 Å². The first-order valence-corrected chi connectivity index (χ1v) is 7.35. The molecule has 4 fully saturated rings. The first kappa shape index (κ1) is 11.7. The minimum absolute atomic E-state index is 0.458. The van der Waals surface area contributed by atoms with Crippen LogP contribution in [0, 0.1) is 34.5 Å². The largest absolute Gasteiger partial charge is 0.297 e. The van der Waals surface area contributed by atoms with E-state index in [1.807, 2.05) is 0 Å². The summed E-state index contributed by atoms with van der Waals surface area (Å²) in [4.78, 5) is 4.45. The van der Waals surface area contributed by atoms with Crippen LogP contribution >= 0.6 is 0 Å². The molecular formula is C16H27N. The first-order chi connectivity index (χ1) is 7.89. The lowest BCUT2D eigenvalue weighted by Crippen LogP contribution is -2.52. The van der Waals surface area contributed by atoms with Crippen LogP contribution in [0.4, 0.5) is 0 Å². The molecular weight excluding hydrogens is 206 g/mol. The molecule has 1 nitrogen and oxygen atoms in total. The summed E-state index contributed by atoms with van der Waals surface area (Å²) in [6.45, 7) is 13.7. The molecule has 1 heteroatoms. The van der Waals surface area contributed by atoms with Crippen molar-refractivity contribution in [1.82, 2.24) is 0 Å². The number of nitrogens with zero attached hydrogens (tertiary/aromatic N) is 1. The first-order valence-electron chi connectivity index (χ1n) is 7.35. The van der Waals surface area contributed by atoms with Crippen molar-refractivity contribution in [3.8, 4) is 0 Å². The van der Waals surface area contributed by atoms with E-state index in [9.17, 15) is 0 Å². The highest BCUT2D eigenvalue weighted by molar-refractivity contribution is 5.27. The normalized spacial score (nSPS) is 56.5. The summed E-state index contributed by atoms with van der Waals surface area (Å²) in [7, 11) is 0. The van der Waals surface area contributed by atoms with E-state index in [1.165, 1.54) is 25.7 Å². The SMILES string of the molecule is C=N[C@@H]1C[C@H]2[C@H]3C[C@]1(C)C[C@]2(C)C[C@@H]3C(C)C. The van der Waals surface area contributed by atoms with Crippen LogP contribution in [-0.2, 0) is 0 Å². The van der Waals surface area contributed by atoms with E-state index < -0.39 is 0 Å². The third kappa shape index (κ3) is 1.40. The van der Waals surface area contributed by atoms with E-state index in [-0.39, 0.29) is 0 Å². The van der Waals surface area contributed by atoms with Crippen molar-refractivity contribution in [3.05, 3.63) is 0 Å². The summed E-state index contributed by atoms with van der Waals surface area (Å²) in [5, 5.41) is 0. The summed E-state index contributed by atoms with van der Waals surface area (Å²) < 4.78 is 0. The van der Waals surface area contributed by atoms with Crippen molar-refractivity contribution in [3.63, 3.8) is 0 Å². The lowest BCUT2D eigenvalue weighted by molar-refractivity contribution is -0.0591. The molecule has 0 aliphatic heterocycles. The molecule has 4 bridgehead atoms. The molecule has 0 N–H and O–H groups in total. The quantitative estimate of drug-likeness (QED) is 0.635. The van der Waals surface area contributed by atoms with E-state index in [0.717, 1.165) is 23.7 Å². The Morgan fingerprint density at radius 3 is 2.41 bits per heavy atom. The van der Waals surface area contributed by atoms with Gasteiger partial charge in [-0.3, -0.25) is 4.99 Å². The van der Waals surface area contributed by atoms with Gasteiger partial charge in [-0.05, 0) is 66.9 Å². The number of fused-ring (bicyclic) bond motifs is 1. The van der Waals surface area contributed by atoms with Crippen LogP contribution in [0.3, 0.4) is 0 Å². The van der Waals surface area contributed by atoms with Crippen molar-refractivity contribution in [2.24, 2.45) is 39.5 Å². The highest BCUT2D eigenvalue weighted by Crippen LogP contribution is 2.70. The van der Waals surface area contributed by atoms with Crippen LogP contribution in [0.1, 0.15) is 53.4 Å². The van der Waals surface area contributed by atoms with Crippen LogP contribution in [-0.4, -0.2) is 12.8 Å². The summed E-state index contributed by atoms with van der Waals surface area (Å²) in [6, 6.07) is 0.544. The molecule has 96 valence electrons. The summed E-state index contributed by atoms with van der Waals surface area (Å²) in [5.41, 5.74) is 1.08. The lowest BCUT2D eigenvalue weighted by atomic mass is 9.49. The van der Waals surface area contributed by atoms with Gasteiger partial charge in [0.25, 0.3) is 0 Å². The maximum atomic E-state index is 4.45. The smallest absolute Gasteiger partial charge is 0.0549 e. The van der Waals surface area contributed by atoms with Gasteiger partial charge in [0.15, 0.2) is 0 Å². The highest BCUT2D eigenvalue weighted by Gasteiger charge is 2.64. The molecule has 4 aliphatic carbocycles. The zero-order valence-corrected chi connectivity index (χ0v) is 11.9. The van der Waals surface area contributed by atoms with E-state index in [2.05, 4.69) is 39.4 Å². The van der Waals surface area contributed by atoms with E-state index in [0.29, 0.717) is 16.9 Å². The number of hydrogen-bond acceptors (Lipinski definition) is 1. The van der Waals surface area contributed by atoms with Crippen LogP contribution in [0.5, 0.6) is 0 Å². The Hall–Kier alpha value is -0.330. The zero-order valence-electron chi connectivity index (χ0n) is 11.9. The Morgan fingerprint density at radius 2 is 1.88 bits per heavy atom. The molecule has 0 aromatic rings. The topological polar surface area (TPSA) is 12.4 Å². The maximum absolute atomic E-state index is 4.45. The second-order valence-electron chi connectivity index (χ2n) is 8.01. The van der Waals surface area contributed by atoms with Crippen LogP contribution in [0.25, 0.3) is 0 Å². The second kappa shape index (κ2) is 3.36. The molecule has 0 heterocycles. The predicted molar refractivity (Wildman–Crippen MR) is 73.3 cm³/mol. The fourth-order valence-corrected chi connectivity index (χ4v) is 5.95.